The number of thiocarbonyl (C=S) groups is 1. The fourth-order valence-electron chi connectivity index (χ4n) is 0.502. The highest BCUT2D eigenvalue weighted by Gasteiger charge is 1.85. The van der Waals surface area contributed by atoms with Crippen molar-refractivity contribution in [2.24, 2.45) is 34.1 Å². The molecule has 0 saturated heterocycles. The minimum atomic E-state index is -0.426. The fourth-order valence-corrected chi connectivity index (χ4v) is 0.502. The first-order valence-corrected chi connectivity index (χ1v) is 6.65. The molecule has 0 atom stereocenters. The Balaban J connectivity index is -0.0000000502. The molecule has 26 heavy (non-hydrogen) atoms. The lowest BCUT2D eigenvalue weighted by molar-refractivity contribution is -0.128. The molecule has 0 unspecified atom stereocenters. The molecule has 0 spiro atoms. The van der Waals surface area contributed by atoms with Crippen LogP contribution in [-0.2, 0) is 9.59 Å². The van der Waals surface area contributed by atoms with Crippen LogP contribution in [0.25, 0.3) is 0 Å². The normalized spacial score (nSPS) is 7.58. The molecular formula is C14H35N9O2S. The van der Waals surface area contributed by atoms with Crippen molar-refractivity contribution in [1.82, 2.24) is 15.2 Å². The van der Waals surface area contributed by atoms with Crippen LogP contribution in [0.3, 0.4) is 0 Å². The molecule has 0 radical (unpaired) electrons. The summed E-state index contributed by atoms with van der Waals surface area (Å²) in [4.78, 5) is 23.1. The van der Waals surface area contributed by atoms with Crippen LogP contribution in [0.1, 0.15) is 47.1 Å². The zero-order valence-corrected chi connectivity index (χ0v) is 15.4. The van der Waals surface area contributed by atoms with Crippen LogP contribution in [-0.4, -0.2) is 38.1 Å². The van der Waals surface area contributed by atoms with Crippen molar-refractivity contribution in [1.29, 1.82) is 0 Å². The molecule has 0 aliphatic rings. The Labute approximate surface area is 161 Å². The zero-order chi connectivity index (χ0) is 20.1. The molecule has 0 saturated carbocycles. The highest BCUT2D eigenvalue weighted by molar-refractivity contribution is 7.80. The molecule has 0 amide bonds. The van der Waals surface area contributed by atoms with Crippen LogP contribution in [0.15, 0.2) is 11.3 Å². The molecule has 12 heteroatoms. The third-order valence-corrected chi connectivity index (χ3v) is 1.15. The average molecular weight is 394 g/mol. The summed E-state index contributed by atoms with van der Waals surface area (Å²) in [6, 6.07) is 0. The minimum absolute atomic E-state index is 0. The number of hydrogen-bond donors (Lipinski definition) is 5. The summed E-state index contributed by atoms with van der Waals surface area (Å²) in [5, 5.41) is 10.4. The maximum Gasteiger partial charge on any atom is 0.192 e. The average Bonchev–Trinajstić information content (AvgIpc) is 2.49. The highest BCUT2D eigenvalue weighted by atomic mass is 32.1. The van der Waals surface area contributed by atoms with E-state index in [0.29, 0.717) is 10.8 Å². The minimum Gasteiger partial charge on any atom is -0.394 e. The van der Waals surface area contributed by atoms with Gasteiger partial charge in [-0.2, -0.15) is 10.2 Å². The van der Waals surface area contributed by atoms with Gasteiger partial charge in [0.15, 0.2) is 12.1 Å². The molecule has 0 aliphatic carbocycles. The Morgan fingerprint density at radius 1 is 1.15 bits per heavy atom. The van der Waals surface area contributed by atoms with Crippen molar-refractivity contribution in [3.63, 3.8) is 0 Å². The van der Waals surface area contributed by atoms with E-state index in [1.165, 1.54) is 6.92 Å². The Hall–Kier alpha value is -2.57. The van der Waals surface area contributed by atoms with Gasteiger partial charge in [0.2, 0.25) is 0 Å². The number of amidine groups is 1. The van der Waals surface area contributed by atoms with E-state index in [9.17, 15) is 4.79 Å². The monoisotopic (exact) mass is 393 g/mol. The van der Waals surface area contributed by atoms with Crippen LogP contribution in [0.2, 0.25) is 0 Å². The summed E-state index contributed by atoms with van der Waals surface area (Å²) in [6.45, 7) is 8.23. The summed E-state index contributed by atoms with van der Waals surface area (Å²) in [6.07, 6.45) is 1.91. The van der Waals surface area contributed by atoms with Crippen molar-refractivity contribution in [2.45, 2.75) is 49.5 Å². The number of Topliss-reactive ketones (excluding diaryl/α,β-unsaturated/α-hetero) is 1. The van der Waals surface area contributed by atoms with Gasteiger partial charge >= 0.3 is 0 Å². The Bertz CT molecular complexity index is 472. The van der Waals surface area contributed by atoms with Gasteiger partial charge in [0, 0.05) is 6.92 Å². The second-order valence-corrected chi connectivity index (χ2v) is 4.40. The van der Waals surface area contributed by atoms with Crippen LogP contribution >= 0.6 is 12.2 Å². The predicted octanol–water partition coefficient (Wildman–Crippen LogP) is -0.117. The molecule has 0 bridgehead atoms. The van der Waals surface area contributed by atoms with Crippen LogP contribution < -0.4 is 29.0 Å². The summed E-state index contributed by atoms with van der Waals surface area (Å²) >= 11 is 4.31. The molecule has 1 heterocycles. The number of aromatic nitrogens is 3. The van der Waals surface area contributed by atoms with Crippen molar-refractivity contribution >= 4 is 35.1 Å². The number of hydrazone groups is 1. The maximum absolute atomic E-state index is 9.44. The van der Waals surface area contributed by atoms with Gasteiger partial charge in [-0.1, -0.05) is 27.1 Å². The van der Waals surface area contributed by atoms with Crippen molar-refractivity contribution in [2.75, 3.05) is 0 Å². The van der Waals surface area contributed by atoms with Crippen molar-refractivity contribution in [3.8, 4) is 0 Å². The second kappa shape index (κ2) is 30.3. The molecule has 1 aromatic rings. The zero-order valence-electron chi connectivity index (χ0n) is 14.6. The molecular weight excluding hydrogens is 358 g/mol. The standard InChI is InChI=1S/C5H7N3.C3H4O2.C2H7N3.C2H5NS.2CH4.H4N2/c1-4-3-6-8-5(2)7-4;1-3(5)2-4;1-2(3)5-4;1-2(3)4;;;1-2/h3H,1-2H3;2H,1H3;4H2,1H3,(H2,3,5);1H3,(H2,3,4);2*1H4;1-2H2. The van der Waals surface area contributed by atoms with Gasteiger partial charge in [-0.25, -0.2) is 4.98 Å². The van der Waals surface area contributed by atoms with E-state index in [-0.39, 0.29) is 21.1 Å². The first kappa shape index (κ1) is 38.8. The number of ketones is 1. The van der Waals surface area contributed by atoms with Gasteiger partial charge < -0.3 is 17.3 Å². The van der Waals surface area contributed by atoms with Crippen LogP contribution in [0.5, 0.6) is 0 Å². The number of hydrogen-bond acceptors (Lipinski definition) is 10. The van der Waals surface area contributed by atoms with E-state index in [2.05, 4.69) is 50.0 Å². The number of carbonyl (C=O) groups is 2. The van der Waals surface area contributed by atoms with E-state index in [1.54, 1.807) is 20.0 Å². The van der Waals surface area contributed by atoms with Crippen molar-refractivity contribution in [3.05, 3.63) is 17.7 Å². The quantitative estimate of drug-likeness (QED) is 0.0805. The maximum atomic E-state index is 9.44. The lowest BCUT2D eigenvalue weighted by Crippen LogP contribution is -2.07. The van der Waals surface area contributed by atoms with E-state index in [1.807, 2.05) is 13.8 Å². The molecule has 154 valence electrons. The highest BCUT2D eigenvalue weighted by Crippen LogP contribution is 1.85. The first-order chi connectivity index (χ1) is 11.1. The summed E-state index contributed by atoms with van der Waals surface area (Å²) in [5.41, 5.74) is 10.7. The number of nitrogens with two attached hydrogens (primary N) is 5. The van der Waals surface area contributed by atoms with Gasteiger partial charge in [-0.05, 0) is 27.7 Å². The van der Waals surface area contributed by atoms with E-state index >= 15 is 0 Å². The predicted molar refractivity (Wildman–Crippen MR) is 112 cm³/mol. The van der Waals surface area contributed by atoms with Gasteiger partial charge in [0.25, 0.3) is 0 Å². The number of aldehydes is 1. The third-order valence-electron chi connectivity index (χ3n) is 1.15. The van der Waals surface area contributed by atoms with E-state index in [0.717, 1.165) is 11.5 Å². The van der Waals surface area contributed by atoms with Crippen molar-refractivity contribution < 1.29 is 9.59 Å². The Morgan fingerprint density at radius 3 is 1.58 bits per heavy atom. The lowest BCUT2D eigenvalue weighted by atomic mass is 10.5. The van der Waals surface area contributed by atoms with Gasteiger partial charge in [-0.3, -0.25) is 21.3 Å². The molecule has 0 fully saturated rings. The summed E-state index contributed by atoms with van der Waals surface area (Å²) < 4.78 is 0. The number of aryl methyl sites for hydroxylation is 2. The first-order valence-electron chi connectivity index (χ1n) is 6.24. The smallest absolute Gasteiger partial charge is 0.192 e. The summed E-state index contributed by atoms with van der Waals surface area (Å²) in [5.74, 6) is 13.3. The number of carbonyl (C=O) groups excluding carboxylic acids is 2. The van der Waals surface area contributed by atoms with Crippen LogP contribution in [0, 0.1) is 13.8 Å². The fraction of sp³-hybridized carbons (Fsp3) is 0.500. The second-order valence-electron chi connectivity index (χ2n) is 3.75. The van der Waals surface area contributed by atoms with E-state index < -0.39 is 5.78 Å². The number of rotatable bonds is 1. The molecule has 1 aromatic heterocycles. The molecule has 1 rings (SSSR count). The van der Waals surface area contributed by atoms with Gasteiger partial charge in [0.05, 0.1) is 16.9 Å². The Morgan fingerprint density at radius 2 is 1.46 bits per heavy atom. The summed E-state index contributed by atoms with van der Waals surface area (Å²) in [7, 11) is 0. The molecule has 0 aliphatic heterocycles. The van der Waals surface area contributed by atoms with E-state index in [4.69, 9.17) is 16.3 Å². The van der Waals surface area contributed by atoms with Crippen LogP contribution in [0.4, 0.5) is 0 Å². The Kier molecular flexibility index (Phi) is 45.3. The topological polar surface area (TPSA) is 215 Å². The molecule has 10 N–H and O–H groups in total. The lowest BCUT2D eigenvalue weighted by Gasteiger charge is -1.87. The van der Waals surface area contributed by atoms with Gasteiger partial charge in [0.1, 0.15) is 11.7 Å². The number of hydrazine groups is 1. The molecule has 0 aromatic carbocycles. The number of nitrogens with zero attached hydrogens (tertiary/aromatic N) is 4. The third kappa shape index (κ3) is 68.5. The SMILES string of the molecule is C.C.CC(=O)C=O.CC(N)=NN.CC(N)=S.Cc1cnnc(C)n1.NN. The van der Waals surface area contributed by atoms with Gasteiger partial charge in [-0.15, -0.1) is 5.10 Å². The largest absolute Gasteiger partial charge is 0.394 e. The molecule has 11 nitrogen and oxygen atoms in total.